The van der Waals surface area contributed by atoms with Gasteiger partial charge in [-0.25, -0.2) is 0 Å². The zero-order valence-corrected chi connectivity index (χ0v) is 11.6. The number of benzene rings is 2. The van der Waals surface area contributed by atoms with E-state index in [1.165, 1.54) is 6.92 Å². The van der Waals surface area contributed by atoms with Crippen LogP contribution in [-0.2, 0) is 4.79 Å². The number of para-hydroxylation sites is 1. The molecule has 1 aromatic heterocycles. The fourth-order valence-electron chi connectivity index (χ4n) is 2.11. The number of hydrogen-bond acceptors (Lipinski definition) is 2. The Morgan fingerprint density at radius 3 is 2.45 bits per heavy atom. The zero-order valence-electron chi connectivity index (χ0n) is 10.8. The molecule has 100 valence electrons. The molecule has 4 heteroatoms. The van der Waals surface area contributed by atoms with Crippen LogP contribution in [0.5, 0.6) is 0 Å². The van der Waals surface area contributed by atoms with Gasteiger partial charge in [-0.3, -0.25) is 4.79 Å². The van der Waals surface area contributed by atoms with Crippen molar-refractivity contribution in [3.63, 3.8) is 0 Å². The van der Waals surface area contributed by atoms with Gasteiger partial charge in [-0.1, -0.05) is 23.7 Å². The molecule has 0 saturated carbocycles. The van der Waals surface area contributed by atoms with Crippen LogP contribution in [0.15, 0.2) is 52.9 Å². The van der Waals surface area contributed by atoms with Crippen molar-refractivity contribution in [1.29, 1.82) is 0 Å². The van der Waals surface area contributed by atoms with E-state index in [4.69, 9.17) is 16.0 Å². The molecule has 1 N–H and O–H groups in total. The summed E-state index contributed by atoms with van der Waals surface area (Å²) < 4.78 is 5.79. The molecule has 1 amide bonds. The van der Waals surface area contributed by atoms with E-state index in [-0.39, 0.29) is 5.91 Å². The first kappa shape index (κ1) is 12.8. The van der Waals surface area contributed by atoms with Gasteiger partial charge in [0, 0.05) is 23.6 Å². The molecule has 0 saturated heterocycles. The molecular weight excluding hydrogens is 274 g/mol. The number of rotatable bonds is 2. The molecule has 0 spiro atoms. The van der Waals surface area contributed by atoms with Gasteiger partial charge in [0.15, 0.2) is 5.76 Å². The van der Waals surface area contributed by atoms with Crippen LogP contribution in [0.3, 0.4) is 0 Å². The molecule has 0 aliphatic heterocycles. The first-order valence-corrected chi connectivity index (χ1v) is 6.58. The summed E-state index contributed by atoms with van der Waals surface area (Å²) in [4.78, 5) is 11.0. The smallest absolute Gasteiger partial charge is 0.221 e. The lowest BCUT2D eigenvalue weighted by Gasteiger charge is -2.03. The predicted molar refractivity (Wildman–Crippen MR) is 81.0 cm³/mol. The van der Waals surface area contributed by atoms with Gasteiger partial charge in [0.2, 0.25) is 5.91 Å². The SMILES string of the molecule is CC(=O)Nc1ccc(-c2oc3ccccc3c2Cl)cc1. The van der Waals surface area contributed by atoms with Gasteiger partial charge in [-0.15, -0.1) is 0 Å². The highest BCUT2D eigenvalue weighted by Gasteiger charge is 2.13. The maximum atomic E-state index is 11.0. The highest BCUT2D eigenvalue weighted by atomic mass is 35.5. The third-order valence-corrected chi connectivity index (χ3v) is 3.38. The fourth-order valence-corrected chi connectivity index (χ4v) is 2.41. The van der Waals surface area contributed by atoms with Crippen molar-refractivity contribution >= 4 is 34.2 Å². The van der Waals surface area contributed by atoms with Gasteiger partial charge in [-0.2, -0.15) is 0 Å². The minimum atomic E-state index is -0.0977. The van der Waals surface area contributed by atoms with Crippen LogP contribution in [0.4, 0.5) is 5.69 Å². The van der Waals surface area contributed by atoms with Crippen LogP contribution >= 0.6 is 11.6 Å². The fraction of sp³-hybridized carbons (Fsp3) is 0.0625. The Bertz CT molecular complexity index is 775. The van der Waals surface area contributed by atoms with E-state index in [1.54, 1.807) is 0 Å². The summed E-state index contributed by atoms with van der Waals surface area (Å²) in [7, 11) is 0. The third kappa shape index (κ3) is 2.28. The Kier molecular flexibility index (Phi) is 3.20. The Hall–Kier alpha value is -2.26. The molecule has 0 aliphatic rings. The molecule has 0 atom stereocenters. The monoisotopic (exact) mass is 285 g/mol. The Balaban J connectivity index is 2.02. The molecule has 0 aliphatic carbocycles. The van der Waals surface area contributed by atoms with E-state index in [0.29, 0.717) is 10.8 Å². The number of anilines is 1. The van der Waals surface area contributed by atoms with E-state index in [0.717, 1.165) is 22.2 Å². The first-order valence-electron chi connectivity index (χ1n) is 6.20. The van der Waals surface area contributed by atoms with Crippen LogP contribution in [0, 0.1) is 0 Å². The molecule has 1 heterocycles. The predicted octanol–water partition coefficient (Wildman–Crippen LogP) is 4.71. The molecular formula is C16H12ClNO2. The van der Waals surface area contributed by atoms with E-state index in [2.05, 4.69) is 5.32 Å². The normalized spacial score (nSPS) is 10.7. The van der Waals surface area contributed by atoms with E-state index >= 15 is 0 Å². The average Bonchev–Trinajstić information content (AvgIpc) is 2.77. The summed E-state index contributed by atoms with van der Waals surface area (Å²) in [5.74, 6) is 0.543. The highest BCUT2D eigenvalue weighted by Crippen LogP contribution is 2.37. The molecule has 3 aromatic rings. The van der Waals surface area contributed by atoms with Crippen molar-refractivity contribution in [1.82, 2.24) is 0 Å². The topological polar surface area (TPSA) is 42.2 Å². The van der Waals surface area contributed by atoms with Crippen LogP contribution in [-0.4, -0.2) is 5.91 Å². The molecule has 20 heavy (non-hydrogen) atoms. The van der Waals surface area contributed by atoms with Gasteiger partial charge in [0.05, 0.1) is 5.02 Å². The lowest BCUT2D eigenvalue weighted by molar-refractivity contribution is -0.114. The van der Waals surface area contributed by atoms with Gasteiger partial charge in [0.1, 0.15) is 5.58 Å². The summed E-state index contributed by atoms with van der Waals surface area (Å²) in [5, 5.41) is 4.22. The Morgan fingerprint density at radius 1 is 1.10 bits per heavy atom. The minimum Gasteiger partial charge on any atom is -0.454 e. The standard InChI is InChI=1S/C16H12ClNO2/c1-10(19)18-12-8-6-11(7-9-12)16-15(17)13-4-2-3-5-14(13)20-16/h2-9H,1H3,(H,18,19). The maximum Gasteiger partial charge on any atom is 0.221 e. The minimum absolute atomic E-state index is 0.0977. The summed E-state index contributed by atoms with van der Waals surface area (Å²) in [5.41, 5.74) is 2.38. The summed E-state index contributed by atoms with van der Waals surface area (Å²) in [6.45, 7) is 1.48. The van der Waals surface area contributed by atoms with Crippen LogP contribution < -0.4 is 5.32 Å². The van der Waals surface area contributed by atoms with Crippen molar-refractivity contribution in [3.05, 3.63) is 53.6 Å². The maximum absolute atomic E-state index is 11.0. The van der Waals surface area contributed by atoms with Gasteiger partial charge < -0.3 is 9.73 Å². The summed E-state index contributed by atoms with van der Waals surface area (Å²) in [6.07, 6.45) is 0. The van der Waals surface area contributed by atoms with Crippen molar-refractivity contribution in [2.24, 2.45) is 0 Å². The van der Waals surface area contributed by atoms with Crippen LogP contribution in [0.25, 0.3) is 22.3 Å². The number of halogens is 1. The lowest BCUT2D eigenvalue weighted by Crippen LogP contribution is -2.05. The second-order valence-electron chi connectivity index (χ2n) is 4.50. The average molecular weight is 286 g/mol. The Morgan fingerprint density at radius 2 is 1.80 bits per heavy atom. The second kappa shape index (κ2) is 5.02. The third-order valence-electron chi connectivity index (χ3n) is 3.00. The summed E-state index contributed by atoms with van der Waals surface area (Å²) >= 11 is 6.35. The number of carbonyl (C=O) groups excluding carboxylic acids is 1. The molecule has 0 unspecified atom stereocenters. The van der Waals surface area contributed by atoms with Gasteiger partial charge in [-0.05, 0) is 36.4 Å². The molecule has 0 fully saturated rings. The van der Waals surface area contributed by atoms with Crippen molar-refractivity contribution < 1.29 is 9.21 Å². The highest BCUT2D eigenvalue weighted by molar-refractivity contribution is 6.38. The van der Waals surface area contributed by atoms with Crippen molar-refractivity contribution in [2.45, 2.75) is 6.92 Å². The molecule has 0 radical (unpaired) electrons. The van der Waals surface area contributed by atoms with Crippen molar-refractivity contribution in [2.75, 3.05) is 5.32 Å². The van der Waals surface area contributed by atoms with Gasteiger partial charge >= 0.3 is 0 Å². The summed E-state index contributed by atoms with van der Waals surface area (Å²) in [6, 6.07) is 15.0. The number of furan rings is 1. The molecule has 3 nitrogen and oxygen atoms in total. The van der Waals surface area contributed by atoms with Gasteiger partial charge in [0.25, 0.3) is 0 Å². The molecule has 2 aromatic carbocycles. The van der Waals surface area contributed by atoms with E-state index < -0.39 is 0 Å². The number of nitrogens with one attached hydrogen (secondary N) is 1. The van der Waals surface area contributed by atoms with E-state index in [1.807, 2.05) is 48.5 Å². The quantitative estimate of drug-likeness (QED) is 0.741. The van der Waals surface area contributed by atoms with Crippen molar-refractivity contribution in [3.8, 4) is 11.3 Å². The van der Waals surface area contributed by atoms with Crippen LogP contribution in [0.1, 0.15) is 6.92 Å². The lowest BCUT2D eigenvalue weighted by atomic mass is 10.1. The molecule has 3 rings (SSSR count). The van der Waals surface area contributed by atoms with E-state index in [9.17, 15) is 4.79 Å². The number of carbonyl (C=O) groups is 1. The Labute approximate surface area is 121 Å². The largest absolute Gasteiger partial charge is 0.454 e. The number of fused-ring (bicyclic) bond motifs is 1. The zero-order chi connectivity index (χ0) is 14.1. The second-order valence-corrected chi connectivity index (χ2v) is 4.88. The number of hydrogen-bond donors (Lipinski definition) is 1. The van der Waals surface area contributed by atoms with Crippen LogP contribution in [0.2, 0.25) is 5.02 Å². The number of amides is 1. The first-order chi connectivity index (χ1) is 9.65. The molecule has 0 bridgehead atoms.